The van der Waals surface area contributed by atoms with E-state index in [9.17, 15) is 19.5 Å². The molecule has 2 saturated heterocycles. The maximum absolute atomic E-state index is 13.6. The number of benzene rings is 2. The average molecular weight is 698 g/mol. The summed E-state index contributed by atoms with van der Waals surface area (Å²) in [4.78, 5) is 47.7. The van der Waals surface area contributed by atoms with Gasteiger partial charge in [-0.1, -0.05) is 61.5 Å². The fraction of sp³-hybridized carbons (Fsp3) is 0.513. The largest absolute Gasteiger partial charge is 0.444 e. The number of nitrogens with zero attached hydrogens (tertiary/aromatic N) is 6. The van der Waals surface area contributed by atoms with E-state index in [1.165, 1.54) is 16.5 Å². The summed E-state index contributed by atoms with van der Waals surface area (Å²) in [6.45, 7) is 11.2. The lowest BCUT2D eigenvalue weighted by atomic mass is 9.90. The lowest BCUT2D eigenvalue weighted by Gasteiger charge is -2.38. The van der Waals surface area contributed by atoms with E-state index < -0.39 is 11.2 Å². The molecule has 0 spiro atoms. The van der Waals surface area contributed by atoms with Gasteiger partial charge in [-0.3, -0.25) is 23.7 Å². The first-order valence-electron chi connectivity index (χ1n) is 18.1. The molecule has 0 bridgehead atoms. The van der Waals surface area contributed by atoms with Crippen molar-refractivity contribution in [2.75, 3.05) is 26.2 Å². The third-order valence-corrected chi connectivity index (χ3v) is 10.1. The molecule has 0 saturated carbocycles. The quantitative estimate of drug-likeness (QED) is 0.254. The van der Waals surface area contributed by atoms with Crippen LogP contribution in [0.25, 0.3) is 22.3 Å². The molecule has 4 heterocycles. The standard InChI is InChI=1S/C39H51N7O5/c1-27(29-9-7-6-8-10-29)23-32(47)45-21-17-39(50,18-22-45)25-46-26-40-33-34(36(46)48)42-43(5)35(33)30-13-11-28(12-14-30)24-44-19-15-31(16-20-44)41-37(49)51-38(2,3)4/h6-14,26-27,31,50H,15-25H2,1-5H3,(H,41,49)/t27-/m1/s1. The Bertz CT molecular complexity index is 1880. The van der Waals surface area contributed by atoms with Crippen LogP contribution in [-0.4, -0.2) is 89.7 Å². The number of likely N-dealkylation sites (tertiary alicyclic amines) is 2. The molecule has 2 N–H and O–H groups in total. The Morgan fingerprint density at radius 1 is 1.00 bits per heavy atom. The summed E-state index contributed by atoms with van der Waals surface area (Å²) >= 11 is 0. The molecule has 4 aromatic rings. The third kappa shape index (κ3) is 8.85. The minimum atomic E-state index is -1.13. The number of aromatic nitrogens is 4. The molecule has 6 rings (SSSR count). The van der Waals surface area contributed by atoms with Gasteiger partial charge in [0.1, 0.15) is 11.1 Å². The summed E-state index contributed by atoms with van der Waals surface area (Å²) in [5.74, 6) is 0.194. The van der Waals surface area contributed by atoms with E-state index >= 15 is 0 Å². The highest BCUT2D eigenvalue weighted by Crippen LogP contribution is 2.29. The number of alkyl carbamates (subject to hydrolysis) is 1. The van der Waals surface area contributed by atoms with Gasteiger partial charge in [-0.05, 0) is 63.5 Å². The minimum absolute atomic E-state index is 0.0806. The summed E-state index contributed by atoms with van der Waals surface area (Å²) in [6.07, 6.45) is 4.05. The van der Waals surface area contributed by atoms with Crippen molar-refractivity contribution < 1.29 is 19.4 Å². The highest BCUT2D eigenvalue weighted by Gasteiger charge is 2.35. The minimum Gasteiger partial charge on any atom is -0.444 e. The number of hydrogen-bond donors (Lipinski definition) is 2. The first kappa shape index (κ1) is 36.2. The van der Waals surface area contributed by atoms with Crippen LogP contribution in [0.1, 0.15) is 76.8 Å². The Kier molecular flexibility index (Phi) is 10.6. The van der Waals surface area contributed by atoms with Gasteiger partial charge in [0.05, 0.1) is 24.2 Å². The van der Waals surface area contributed by atoms with Gasteiger partial charge in [-0.15, -0.1) is 0 Å². The Hall–Kier alpha value is -4.55. The number of carbonyl (C=O) groups excluding carboxylic acids is 2. The molecular weight excluding hydrogens is 646 g/mol. The number of fused-ring (bicyclic) bond motifs is 1. The first-order valence-corrected chi connectivity index (χ1v) is 18.1. The van der Waals surface area contributed by atoms with Crippen LogP contribution in [0.5, 0.6) is 0 Å². The molecule has 2 fully saturated rings. The van der Waals surface area contributed by atoms with Crippen molar-refractivity contribution in [2.24, 2.45) is 7.05 Å². The second kappa shape index (κ2) is 15.0. The SMILES string of the molecule is C[C@H](CC(=O)N1CCC(O)(Cn2cnc3c(-c4ccc(CN5CCC(NC(=O)OC(C)(C)C)CC5)cc4)n(C)nc3c2=O)CC1)c1ccccc1. The normalized spacial score (nSPS) is 17.7. The van der Waals surface area contributed by atoms with E-state index in [1.807, 2.05) is 75.2 Å². The van der Waals surface area contributed by atoms with Crippen LogP contribution in [0, 0.1) is 0 Å². The molecule has 272 valence electrons. The molecule has 1 atom stereocenters. The fourth-order valence-corrected chi connectivity index (χ4v) is 7.21. The molecule has 2 aromatic carbocycles. The van der Waals surface area contributed by atoms with Crippen molar-refractivity contribution >= 4 is 23.0 Å². The van der Waals surface area contributed by atoms with Crippen LogP contribution >= 0.6 is 0 Å². The van der Waals surface area contributed by atoms with Crippen molar-refractivity contribution in [3.63, 3.8) is 0 Å². The zero-order chi connectivity index (χ0) is 36.3. The van der Waals surface area contributed by atoms with E-state index in [0.717, 1.165) is 49.3 Å². The molecule has 2 aliphatic rings. The number of rotatable bonds is 9. The van der Waals surface area contributed by atoms with Crippen LogP contribution < -0.4 is 10.9 Å². The zero-order valence-electron chi connectivity index (χ0n) is 30.5. The van der Waals surface area contributed by atoms with E-state index in [2.05, 4.69) is 39.4 Å². The number of aliphatic hydroxyl groups is 1. The van der Waals surface area contributed by atoms with Crippen LogP contribution in [0.4, 0.5) is 4.79 Å². The molecule has 12 nitrogen and oxygen atoms in total. The Labute approximate surface area is 299 Å². The summed E-state index contributed by atoms with van der Waals surface area (Å²) in [5.41, 5.74) is 2.81. The van der Waals surface area contributed by atoms with Crippen LogP contribution in [0.3, 0.4) is 0 Å². The van der Waals surface area contributed by atoms with Gasteiger partial charge >= 0.3 is 6.09 Å². The second-order valence-electron chi connectivity index (χ2n) is 15.4. The summed E-state index contributed by atoms with van der Waals surface area (Å²) in [6, 6.07) is 18.4. The topological polar surface area (TPSA) is 135 Å². The highest BCUT2D eigenvalue weighted by atomic mass is 16.6. The molecule has 0 unspecified atom stereocenters. The smallest absolute Gasteiger partial charge is 0.407 e. The molecule has 51 heavy (non-hydrogen) atoms. The van der Waals surface area contributed by atoms with Crippen molar-refractivity contribution in [2.45, 2.75) is 96.1 Å². The highest BCUT2D eigenvalue weighted by molar-refractivity contribution is 5.89. The van der Waals surface area contributed by atoms with Gasteiger partial charge in [-0.25, -0.2) is 9.78 Å². The van der Waals surface area contributed by atoms with E-state index in [4.69, 9.17) is 4.74 Å². The van der Waals surface area contributed by atoms with E-state index in [1.54, 1.807) is 4.68 Å². The molecule has 2 aliphatic heterocycles. The predicted molar refractivity (Wildman–Crippen MR) is 196 cm³/mol. The number of carbonyl (C=O) groups is 2. The van der Waals surface area contributed by atoms with Gasteiger partial charge in [0.15, 0.2) is 5.52 Å². The van der Waals surface area contributed by atoms with Crippen molar-refractivity contribution in [1.82, 2.24) is 34.4 Å². The number of amides is 2. The van der Waals surface area contributed by atoms with Crippen LogP contribution in [-0.2, 0) is 29.7 Å². The van der Waals surface area contributed by atoms with Gasteiger partial charge in [-0.2, -0.15) is 5.10 Å². The molecule has 2 aromatic heterocycles. The molecule has 2 amide bonds. The number of ether oxygens (including phenoxy) is 1. The summed E-state index contributed by atoms with van der Waals surface area (Å²) in [7, 11) is 1.81. The van der Waals surface area contributed by atoms with Gasteiger partial charge in [0.25, 0.3) is 5.56 Å². The number of piperidine rings is 2. The maximum Gasteiger partial charge on any atom is 0.407 e. The van der Waals surface area contributed by atoms with Crippen LogP contribution in [0.15, 0.2) is 65.7 Å². The number of aryl methyl sites for hydroxylation is 1. The third-order valence-electron chi connectivity index (χ3n) is 10.1. The predicted octanol–water partition coefficient (Wildman–Crippen LogP) is 4.83. The lowest BCUT2D eigenvalue weighted by Crippen LogP contribution is -2.49. The summed E-state index contributed by atoms with van der Waals surface area (Å²) < 4.78 is 8.54. The van der Waals surface area contributed by atoms with E-state index in [-0.39, 0.29) is 41.6 Å². The maximum atomic E-state index is 13.6. The van der Waals surface area contributed by atoms with Crippen molar-refractivity contribution in [3.8, 4) is 11.3 Å². The van der Waals surface area contributed by atoms with Crippen molar-refractivity contribution in [3.05, 3.63) is 82.4 Å². The Morgan fingerprint density at radius 3 is 2.31 bits per heavy atom. The molecule has 12 heteroatoms. The zero-order valence-corrected chi connectivity index (χ0v) is 30.5. The Balaban J connectivity index is 1.04. The molecule has 0 radical (unpaired) electrons. The monoisotopic (exact) mass is 697 g/mol. The second-order valence-corrected chi connectivity index (χ2v) is 15.4. The fourth-order valence-electron chi connectivity index (χ4n) is 7.21. The van der Waals surface area contributed by atoms with Gasteiger partial charge in [0, 0.05) is 57.8 Å². The number of hydrogen-bond acceptors (Lipinski definition) is 8. The summed E-state index contributed by atoms with van der Waals surface area (Å²) in [5, 5.41) is 19.0. The Morgan fingerprint density at radius 2 is 1.67 bits per heavy atom. The molecule has 0 aliphatic carbocycles. The lowest BCUT2D eigenvalue weighted by molar-refractivity contribution is -0.136. The van der Waals surface area contributed by atoms with Gasteiger partial charge in [0.2, 0.25) is 5.91 Å². The van der Waals surface area contributed by atoms with Crippen molar-refractivity contribution in [1.29, 1.82) is 0 Å². The molecular formula is C39H51N7O5. The van der Waals surface area contributed by atoms with Gasteiger partial charge < -0.3 is 20.1 Å². The van der Waals surface area contributed by atoms with E-state index in [0.29, 0.717) is 37.9 Å². The average Bonchev–Trinajstić information content (AvgIpc) is 3.43. The van der Waals surface area contributed by atoms with Crippen LogP contribution in [0.2, 0.25) is 0 Å². The first-order chi connectivity index (χ1) is 24.3. The number of nitrogens with one attached hydrogen (secondary N) is 1.